The zero-order valence-corrected chi connectivity index (χ0v) is 11.7. The smallest absolute Gasteiger partial charge is 0.242 e. The molecule has 1 saturated carbocycles. The van der Waals surface area contributed by atoms with Crippen LogP contribution in [0.25, 0.3) is 0 Å². The maximum absolute atomic E-state index is 13.1. The van der Waals surface area contributed by atoms with E-state index in [0.29, 0.717) is 12.8 Å². The molecular formula is C12H15ClFNO3S. The Morgan fingerprint density at radius 3 is 2.79 bits per heavy atom. The Morgan fingerprint density at radius 1 is 1.42 bits per heavy atom. The number of sulfonamides is 1. The summed E-state index contributed by atoms with van der Waals surface area (Å²) in [5.41, 5.74) is 0. The van der Waals surface area contributed by atoms with Crippen molar-refractivity contribution in [3.63, 3.8) is 0 Å². The first-order chi connectivity index (χ1) is 8.88. The van der Waals surface area contributed by atoms with E-state index in [1.165, 1.54) is 6.07 Å². The average molecular weight is 308 g/mol. The Kier molecular flexibility index (Phi) is 4.45. The highest BCUT2D eigenvalue weighted by molar-refractivity contribution is 7.89. The Balaban J connectivity index is 2.08. The minimum atomic E-state index is -3.82. The van der Waals surface area contributed by atoms with Gasteiger partial charge in [0.25, 0.3) is 0 Å². The molecule has 0 saturated heterocycles. The van der Waals surface area contributed by atoms with Gasteiger partial charge in [0.15, 0.2) is 0 Å². The molecule has 1 aliphatic rings. The fraction of sp³-hybridized carbons (Fsp3) is 0.500. The van der Waals surface area contributed by atoms with Gasteiger partial charge in [-0.3, -0.25) is 0 Å². The summed E-state index contributed by atoms with van der Waals surface area (Å²) >= 11 is 5.77. The van der Waals surface area contributed by atoms with Gasteiger partial charge in [-0.2, -0.15) is 0 Å². The van der Waals surface area contributed by atoms with E-state index in [-0.39, 0.29) is 28.5 Å². The highest BCUT2D eigenvalue weighted by atomic mass is 35.5. The molecule has 4 nitrogen and oxygen atoms in total. The Hall–Kier alpha value is -0.690. The topological polar surface area (TPSA) is 66.4 Å². The molecule has 0 bridgehead atoms. The van der Waals surface area contributed by atoms with Crippen LogP contribution in [0.3, 0.4) is 0 Å². The quantitative estimate of drug-likeness (QED) is 0.893. The molecule has 2 rings (SSSR count). The number of aliphatic hydroxyl groups is 1. The molecule has 2 atom stereocenters. The molecule has 1 fully saturated rings. The Morgan fingerprint density at radius 2 is 2.16 bits per heavy atom. The SMILES string of the molecule is O=S(=O)(NCC1CCC(O)C1)c1cc(F)ccc1Cl. The van der Waals surface area contributed by atoms with Crippen molar-refractivity contribution >= 4 is 21.6 Å². The van der Waals surface area contributed by atoms with Crippen molar-refractivity contribution in [2.24, 2.45) is 5.92 Å². The number of rotatable bonds is 4. The predicted molar refractivity (Wildman–Crippen MR) is 69.9 cm³/mol. The Labute approximate surface area is 116 Å². The molecule has 2 unspecified atom stereocenters. The van der Waals surface area contributed by atoms with Crippen molar-refractivity contribution in [3.05, 3.63) is 29.0 Å². The van der Waals surface area contributed by atoms with Gasteiger partial charge in [0.2, 0.25) is 10.0 Å². The van der Waals surface area contributed by atoms with Crippen molar-refractivity contribution in [2.75, 3.05) is 6.54 Å². The van der Waals surface area contributed by atoms with Gasteiger partial charge in [-0.1, -0.05) is 11.6 Å². The molecule has 1 aromatic carbocycles. The lowest BCUT2D eigenvalue weighted by Crippen LogP contribution is -2.29. The van der Waals surface area contributed by atoms with Crippen molar-refractivity contribution in [3.8, 4) is 0 Å². The summed E-state index contributed by atoms with van der Waals surface area (Å²) in [5, 5.41) is 9.37. The summed E-state index contributed by atoms with van der Waals surface area (Å²) in [7, 11) is -3.82. The van der Waals surface area contributed by atoms with Gasteiger partial charge in [-0.25, -0.2) is 17.5 Å². The van der Waals surface area contributed by atoms with Crippen molar-refractivity contribution in [1.82, 2.24) is 4.72 Å². The third-order valence-electron chi connectivity index (χ3n) is 3.26. The van der Waals surface area contributed by atoms with Crippen molar-refractivity contribution in [2.45, 2.75) is 30.3 Å². The molecule has 7 heteroatoms. The summed E-state index contributed by atoms with van der Waals surface area (Å²) in [6.45, 7) is 0.228. The van der Waals surface area contributed by atoms with Gasteiger partial charge in [-0.15, -0.1) is 0 Å². The fourth-order valence-corrected chi connectivity index (χ4v) is 3.85. The largest absolute Gasteiger partial charge is 0.393 e. The first-order valence-electron chi connectivity index (χ1n) is 6.01. The normalized spacial score (nSPS) is 23.7. The van der Waals surface area contributed by atoms with E-state index in [9.17, 15) is 17.9 Å². The minimum absolute atomic E-state index is 0.0136. The van der Waals surface area contributed by atoms with E-state index in [0.717, 1.165) is 18.6 Å². The van der Waals surface area contributed by atoms with Crippen LogP contribution in [0.15, 0.2) is 23.1 Å². The van der Waals surface area contributed by atoms with E-state index in [4.69, 9.17) is 11.6 Å². The number of aliphatic hydroxyl groups excluding tert-OH is 1. The number of nitrogens with one attached hydrogen (secondary N) is 1. The van der Waals surface area contributed by atoms with Gasteiger partial charge in [0.1, 0.15) is 10.7 Å². The van der Waals surface area contributed by atoms with Crippen LogP contribution in [0, 0.1) is 11.7 Å². The first kappa shape index (κ1) is 14.7. The van der Waals surface area contributed by atoms with E-state index in [2.05, 4.69) is 4.72 Å². The van der Waals surface area contributed by atoms with Crippen molar-refractivity contribution in [1.29, 1.82) is 0 Å². The maximum Gasteiger partial charge on any atom is 0.242 e. The number of hydrogen-bond donors (Lipinski definition) is 2. The highest BCUT2D eigenvalue weighted by Gasteiger charge is 2.25. The van der Waals surface area contributed by atoms with Gasteiger partial charge < -0.3 is 5.11 Å². The molecule has 106 valence electrons. The van der Waals surface area contributed by atoms with Gasteiger partial charge in [0.05, 0.1) is 11.1 Å². The molecule has 0 radical (unpaired) electrons. The molecular weight excluding hydrogens is 293 g/mol. The van der Waals surface area contributed by atoms with Gasteiger partial charge >= 0.3 is 0 Å². The standard InChI is InChI=1S/C12H15ClFNO3S/c13-11-4-2-9(14)6-12(11)19(17,18)15-7-8-1-3-10(16)5-8/h2,4,6,8,10,15-16H,1,3,5,7H2. The lowest BCUT2D eigenvalue weighted by Gasteiger charge is -2.12. The van der Waals surface area contributed by atoms with Crippen LogP contribution in [0.5, 0.6) is 0 Å². The van der Waals surface area contributed by atoms with Crippen LogP contribution in [-0.4, -0.2) is 26.2 Å². The number of benzene rings is 1. The Bertz CT molecular complexity index is 564. The zero-order chi connectivity index (χ0) is 14.0. The molecule has 1 aromatic rings. The number of halogens is 2. The summed E-state index contributed by atoms with van der Waals surface area (Å²) in [5.74, 6) is -0.543. The van der Waals surface area contributed by atoms with Crippen LogP contribution in [0.4, 0.5) is 4.39 Å². The molecule has 2 N–H and O–H groups in total. The third kappa shape index (κ3) is 3.66. The van der Waals surface area contributed by atoms with Crippen LogP contribution in [-0.2, 0) is 10.0 Å². The summed E-state index contributed by atoms with van der Waals surface area (Å²) in [6, 6.07) is 3.22. The average Bonchev–Trinajstić information content (AvgIpc) is 2.76. The summed E-state index contributed by atoms with van der Waals surface area (Å²) < 4.78 is 39.5. The second-order valence-electron chi connectivity index (χ2n) is 4.76. The summed E-state index contributed by atoms with van der Waals surface area (Å²) in [4.78, 5) is -0.257. The molecule has 0 heterocycles. The van der Waals surface area contributed by atoms with Crippen LogP contribution >= 0.6 is 11.6 Å². The molecule has 1 aliphatic carbocycles. The molecule has 0 spiro atoms. The van der Waals surface area contributed by atoms with E-state index in [1.54, 1.807) is 0 Å². The van der Waals surface area contributed by atoms with E-state index >= 15 is 0 Å². The molecule has 0 aliphatic heterocycles. The monoisotopic (exact) mass is 307 g/mol. The second-order valence-corrected chi connectivity index (χ2v) is 6.90. The lowest BCUT2D eigenvalue weighted by atomic mass is 10.1. The zero-order valence-electron chi connectivity index (χ0n) is 10.1. The summed E-state index contributed by atoms with van der Waals surface area (Å²) in [6.07, 6.45) is 1.69. The predicted octanol–water partition coefficient (Wildman–Crippen LogP) is 1.92. The van der Waals surface area contributed by atoms with Crippen LogP contribution in [0.1, 0.15) is 19.3 Å². The molecule has 0 aromatic heterocycles. The van der Waals surface area contributed by atoms with Crippen LogP contribution < -0.4 is 4.72 Å². The van der Waals surface area contributed by atoms with Gasteiger partial charge in [0, 0.05) is 6.54 Å². The van der Waals surface area contributed by atoms with E-state index in [1.807, 2.05) is 0 Å². The lowest BCUT2D eigenvalue weighted by molar-refractivity contribution is 0.178. The van der Waals surface area contributed by atoms with Crippen molar-refractivity contribution < 1.29 is 17.9 Å². The first-order valence-corrected chi connectivity index (χ1v) is 7.87. The maximum atomic E-state index is 13.1. The fourth-order valence-electron chi connectivity index (χ4n) is 2.22. The highest BCUT2D eigenvalue weighted by Crippen LogP contribution is 2.26. The minimum Gasteiger partial charge on any atom is -0.393 e. The third-order valence-corrected chi connectivity index (χ3v) is 5.16. The van der Waals surface area contributed by atoms with Crippen LogP contribution in [0.2, 0.25) is 5.02 Å². The molecule has 0 amide bonds. The molecule has 19 heavy (non-hydrogen) atoms. The van der Waals surface area contributed by atoms with E-state index < -0.39 is 15.8 Å². The number of hydrogen-bond acceptors (Lipinski definition) is 3. The van der Waals surface area contributed by atoms with Gasteiger partial charge in [-0.05, 0) is 43.4 Å². The second kappa shape index (κ2) is 5.75.